The van der Waals surface area contributed by atoms with Gasteiger partial charge < -0.3 is 10.2 Å². The zero-order chi connectivity index (χ0) is 20.3. The molecule has 6 nitrogen and oxygen atoms in total. The molecule has 0 spiro atoms. The zero-order valence-electron chi connectivity index (χ0n) is 16.0. The first kappa shape index (κ1) is 21.8. The Morgan fingerprint density at radius 2 is 1.79 bits per heavy atom. The van der Waals surface area contributed by atoms with Gasteiger partial charge in [0.05, 0.1) is 11.7 Å². The Morgan fingerprint density at radius 3 is 2.43 bits per heavy atom. The van der Waals surface area contributed by atoms with E-state index in [1.54, 1.807) is 18.2 Å². The SMILES string of the molecule is CN1CCC(NC(=O)[C@H]2CCCN(S(=O)(=O)Cc3c(Cl)cccc3Cl)C2)CC1. The Kier molecular flexibility index (Phi) is 7.26. The van der Waals surface area contributed by atoms with Gasteiger partial charge in [0.25, 0.3) is 0 Å². The van der Waals surface area contributed by atoms with Crippen molar-refractivity contribution in [2.45, 2.75) is 37.5 Å². The minimum Gasteiger partial charge on any atom is -0.353 e. The third-order valence-electron chi connectivity index (χ3n) is 5.60. The van der Waals surface area contributed by atoms with Gasteiger partial charge in [-0.3, -0.25) is 4.79 Å². The van der Waals surface area contributed by atoms with Crippen LogP contribution >= 0.6 is 23.2 Å². The standard InChI is InChI=1S/C19H27Cl2N3O3S/c1-23-10-7-15(8-11-23)22-19(25)14-4-3-9-24(12-14)28(26,27)13-16-17(20)5-2-6-18(16)21/h2,5-6,14-15H,3-4,7-13H2,1H3,(H,22,25)/t14-/m0/s1. The van der Waals surface area contributed by atoms with Crippen molar-refractivity contribution in [3.8, 4) is 0 Å². The average Bonchev–Trinajstić information content (AvgIpc) is 2.67. The highest BCUT2D eigenvalue weighted by Gasteiger charge is 2.34. The van der Waals surface area contributed by atoms with Gasteiger partial charge in [0, 0.05) is 34.7 Å². The molecule has 2 aliphatic heterocycles. The first-order valence-electron chi connectivity index (χ1n) is 9.66. The summed E-state index contributed by atoms with van der Waals surface area (Å²) in [5.74, 6) is -0.607. The Morgan fingerprint density at radius 1 is 1.14 bits per heavy atom. The zero-order valence-corrected chi connectivity index (χ0v) is 18.4. The monoisotopic (exact) mass is 447 g/mol. The lowest BCUT2D eigenvalue weighted by atomic mass is 9.97. The maximum Gasteiger partial charge on any atom is 0.224 e. The molecule has 2 aliphatic rings. The van der Waals surface area contributed by atoms with Crippen molar-refractivity contribution in [2.75, 3.05) is 33.2 Å². The molecule has 0 saturated carbocycles. The molecule has 1 aromatic rings. The van der Waals surface area contributed by atoms with Crippen LogP contribution in [-0.4, -0.2) is 62.8 Å². The second kappa shape index (κ2) is 9.30. The predicted molar refractivity (Wildman–Crippen MR) is 112 cm³/mol. The molecule has 1 atom stereocenters. The van der Waals surface area contributed by atoms with E-state index < -0.39 is 10.0 Å². The Labute approximate surface area is 177 Å². The molecule has 0 aliphatic carbocycles. The molecule has 1 amide bonds. The molecule has 1 N–H and O–H groups in total. The second-order valence-electron chi connectivity index (χ2n) is 7.74. The van der Waals surface area contributed by atoms with Crippen LogP contribution in [0.1, 0.15) is 31.2 Å². The number of sulfonamides is 1. The van der Waals surface area contributed by atoms with E-state index in [1.165, 1.54) is 4.31 Å². The number of carbonyl (C=O) groups is 1. The number of hydrogen-bond donors (Lipinski definition) is 1. The van der Waals surface area contributed by atoms with Crippen molar-refractivity contribution in [2.24, 2.45) is 5.92 Å². The Hall–Kier alpha value is -0.860. The van der Waals surface area contributed by atoms with Gasteiger partial charge in [-0.05, 0) is 58.0 Å². The summed E-state index contributed by atoms with van der Waals surface area (Å²) in [6.45, 7) is 2.56. The lowest BCUT2D eigenvalue weighted by Crippen LogP contribution is -2.49. The largest absolute Gasteiger partial charge is 0.353 e. The topological polar surface area (TPSA) is 69.7 Å². The third-order valence-corrected chi connectivity index (χ3v) is 8.08. The number of nitrogens with zero attached hydrogens (tertiary/aromatic N) is 2. The normalized spacial score (nSPS) is 22.9. The summed E-state index contributed by atoms with van der Waals surface area (Å²) in [5.41, 5.74) is 0.406. The minimum atomic E-state index is -3.61. The summed E-state index contributed by atoms with van der Waals surface area (Å²) >= 11 is 12.3. The summed E-state index contributed by atoms with van der Waals surface area (Å²) in [4.78, 5) is 14.9. The first-order chi connectivity index (χ1) is 13.3. The summed E-state index contributed by atoms with van der Waals surface area (Å²) in [6, 6.07) is 5.13. The fraction of sp³-hybridized carbons (Fsp3) is 0.632. The van der Waals surface area contributed by atoms with Gasteiger partial charge in [0.2, 0.25) is 15.9 Å². The molecule has 0 bridgehead atoms. The van der Waals surface area contributed by atoms with Crippen LogP contribution in [0.5, 0.6) is 0 Å². The number of halogens is 2. The number of rotatable bonds is 5. The van der Waals surface area contributed by atoms with Crippen molar-refractivity contribution in [3.63, 3.8) is 0 Å². The van der Waals surface area contributed by atoms with Gasteiger partial charge in [0.1, 0.15) is 0 Å². The van der Waals surface area contributed by atoms with Crippen molar-refractivity contribution < 1.29 is 13.2 Å². The van der Waals surface area contributed by atoms with Crippen LogP contribution in [0.25, 0.3) is 0 Å². The molecule has 28 heavy (non-hydrogen) atoms. The molecule has 1 aromatic carbocycles. The number of amides is 1. The van der Waals surface area contributed by atoms with Crippen molar-refractivity contribution >= 4 is 39.1 Å². The fourth-order valence-electron chi connectivity index (χ4n) is 3.82. The highest BCUT2D eigenvalue weighted by molar-refractivity contribution is 7.88. The van der Waals surface area contributed by atoms with Gasteiger partial charge in [-0.25, -0.2) is 12.7 Å². The van der Waals surface area contributed by atoms with E-state index in [2.05, 4.69) is 17.3 Å². The molecule has 0 unspecified atom stereocenters. The Balaban J connectivity index is 1.62. The van der Waals surface area contributed by atoms with Crippen LogP contribution in [0.4, 0.5) is 0 Å². The van der Waals surface area contributed by atoms with Gasteiger partial charge in [-0.2, -0.15) is 0 Å². The molecular formula is C19H27Cl2N3O3S. The first-order valence-corrected chi connectivity index (χ1v) is 12.0. The van der Waals surface area contributed by atoms with E-state index >= 15 is 0 Å². The van der Waals surface area contributed by atoms with Crippen LogP contribution in [0.2, 0.25) is 10.0 Å². The fourth-order valence-corrected chi connectivity index (χ4v) is 6.19. The van der Waals surface area contributed by atoms with Crippen LogP contribution in [0.15, 0.2) is 18.2 Å². The van der Waals surface area contributed by atoms with E-state index in [9.17, 15) is 13.2 Å². The smallest absolute Gasteiger partial charge is 0.224 e. The summed E-state index contributed by atoms with van der Waals surface area (Å²) < 4.78 is 27.3. The van der Waals surface area contributed by atoms with Crippen molar-refractivity contribution in [1.29, 1.82) is 0 Å². The van der Waals surface area contributed by atoms with Gasteiger partial charge in [-0.1, -0.05) is 29.3 Å². The average molecular weight is 448 g/mol. The molecule has 0 radical (unpaired) electrons. The maximum atomic E-state index is 12.9. The molecule has 2 heterocycles. The second-order valence-corrected chi connectivity index (χ2v) is 10.5. The number of carbonyl (C=O) groups excluding carboxylic acids is 1. The molecule has 2 saturated heterocycles. The van der Waals surface area contributed by atoms with E-state index in [0.29, 0.717) is 35.0 Å². The van der Waals surface area contributed by atoms with E-state index in [4.69, 9.17) is 23.2 Å². The van der Waals surface area contributed by atoms with Crippen molar-refractivity contribution in [3.05, 3.63) is 33.8 Å². The number of likely N-dealkylation sites (tertiary alicyclic amines) is 1. The van der Waals surface area contributed by atoms with Crippen LogP contribution in [0, 0.1) is 5.92 Å². The number of nitrogens with one attached hydrogen (secondary N) is 1. The number of piperidine rings is 2. The molecule has 156 valence electrons. The highest BCUT2D eigenvalue weighted by Crippen LogP contribution is 2.29. The quantitative estimate of drug-likeness (QED) is 0.752. The summed E-state index contributed by atoms with van der Waals surface area (Å²) in [6.07, 6.45) is 3.24. The van der Waals surface area contributed by atoms with Gasteiger partial charge in [-0.15, -0.1) is 0 Å². The van der Waals surface area contributed by atoms with Crippen LogP contribution in [0.3, 0.4) is 0 Å². The van der Waals surface area contributed by atoms with Crippen LogP contribution in [-0.2, 0) is 20.6 Å². The van der Waals surface area contributed by atoms with Gasteiger partial charge in [0.15, 0.2) is 0 Å². The van der Waals surface area contributed by atoms with Crippen molar-refractivity contribution in [1.82, 2.24) is 14.5 Å². The third kappa shape index (κ3) is 5.39. The van der Waals surface area contributed by atoms with E-state index in [-0.39, 0.29) is 30.2 Å². The molecule has 3 rings (SSSR count). The number of hydrogen-bond acceptors (Lipinski definition) is 4. The molecule has 0 aromatic heterocycles. The summed E-state index contributed by atoms with van der Waals surface area (Å²) in [7, 11) is -1.53. The van der Waals surface area contributed by atoms with Crippen LogP contribution < -0.4 is 5.32 Å². The lowest BCUT2D eigenvalue weighted by molar-refractivity contribution is -0.127. The van der Waals surface area contributed by atoms with E-state index in [0.717, 1.165) is 25.9 Å². The predicted octanol–water partition coefficient (Wildman–Crippen LogP) is 2.75. The molecule has 2 fully saturated rings. The molecular weight excluding hydrogens is 421 g/mol. The minimum absolute atomic E-state index is 0.0368. The Bertz CT molecular complexity index is 790. The van der Waals surface area contributed by atoms with Gasteiger partial charge >= 0.3 is 0 Å². The maximum absolute atomic E-state index is 12.9. The number of benzene rings is 1. The van der Waals surface area contributed by atoms with E-state index in [1.807, 2.05) is 0 Å². The lowest BCUT2D eigenvalue weighted by Gasteiger charge is -2.34. The molecule has 9 heteroatoms. The highest BCUT2D eigenvalue weighted by atomic mass is 35.5. The summed E-state index contributed by atoms with van der Waals surface area (Å²) in [5, 5.41) is 3.80.